The van der Waals surface area contributed by atoms with Gasteiger partial charge in [0.25, 0.3) is 0 Å². The van der Waals surface area contributed by atoms with Gasteiger partial charge in [-0.1, -0.05) is 78.9 Å². The molecule has 4 aromatic rings. The third-order valence-electron chi connectivity index (χ3n) is 7.20. The topological polar surface area (TPSA) is 12.5 Å². The molecule has 1 unspecified atom stereocenters. The summed E-state index contributed by atoms with van der Waals surface area (Å²) in [5.41, 5.74) is 5.36. The van der Waals surface area contributed by atoms with E-state index in [-0.39, 0.29) is 5.41 Å². The average molecular weight is 404 g/mol. The Morgan fingerprint density at radius 2 is 1.55 bits per heavy atom. The van der Waals surface area contributed by atoms with E-state index in [0.29, 0.717) is 0 Å². The second-order valence-corrected chi connectivity index (χ2v) is 9.08. The van der Waals surface area contributed by atoms with Gasteiger partial charge in [-0.15, -0.1) is 0 Å². The van der Waals surface area contributed by atoms with Gasteiger partial charge in [0.15, 0.2) is 0 Å². The second-order valence-electron chi connectivity index (χ2n) is 9.08. The molecule has 0 saturated heterocycles. The molecule has 1 atom stereocenters. The molecule has 2 aliphatic rings. The number of likely N-dealkylation sites (N-methyl/N-ethyl adjacent to an activating group) is 1. The first-order valence-corrected chi connectivity index (χ1v) is 10.9. The number of anilines is 1. The van der Waals surface area contributed by atoms with Crippen molar-refractivity contribution in [2.45, 2.75) is 25.0 Å². The van der Waals surface area contributed by atoms with Crippen LogP contribution in [0, 0.1) is 0 Å². The van der Waals surface area contributed by atoms with Crippen LogP contribution in [0.25, 0.3) is 28.0 Å². The Kier molecular flexibility index (Phi) is 3.68. The molecule has 6 rings (SSSR count). The second kappa shape index (κ2) is 6.24. The van der Waals surface area contributed by atoms with Gasteiger partial charge in [0.2, 0.25) is 5.72 Å². The largest absolute Gasteiger partial charge is 0.463 e. The van der Waals surface area contributed by atoms with Gasteiger partial charge in [-0.05, 0) is 54.0 Å². The quantitative estimate of drug-likeness (QED) is 0.338. The molecular weight excluding hydrogens is 378 g/mol. The standard InChI is InChI=1S/C29H25NO/c1-28(2)25-15-9-14-23(20-10-5-4-6-11-20)27(25)30(3)29(28)19-18-24-22-13-8-7-12-21(22)16-17-26(24)31-29/h4-19H,1-3H3. The predicted molar refractivity (Wildman–Crippen MR) is 130 cm³/mol. The fourth-order valence-electron chi connectivity index (χ4n) is 5.49. The Morgan fingerprint density at radius 1 is 0.774 bits per heavy atom. The summed E-state index contributed by atoms with van der Waals surface area (Å²) in [6.45, 7) is 4.58. The molecule has 2 heteroatoms. The van der Waals surface area contributed by atoms with Gasteiger partial charge in [-0.3, -0.25) is 0 Å². The lowest BCUT2D eigenvalue weighted by atomic mass is 9.76. The zero-order chi connectivity index (χ0) is 21.2. The summed E-state index contributed by atoms with van der Waals surface area (Å²) < 4.78 is 6.93. The van der Waals surface area contributed by atoms with Crippen molar-refractivity contribution in [3.8, 4) is 16.9 Å². The summed E-state index contributed by atoms with van der Waals surface area (Å²) in [4.78, 5) is 2.33. The van der Waals surface area contributed by atoms with Crippen LogP contribution in [-0.4, -0.2) is 12.8 Å². The molecule has 4 aromatic carbocycles. The van der Waals surface area contributed by atoms with Crippen LogP contribution in [0.2, 0.25) is 0 Å². The molecular formula is C29H25NO. The lowest BCUT2D eigenvalue weighted by Gasteiger charge is -2.46. The lowest BCUT2D eigenvalue weighted by molar-refractivity contribution is 0.0584. The lowest BCUT2D eigenvalue weighted by Crippen LogP contribution is -2.58. The number of nitrogens with zero attached hydrogens (tertiary/aromatic N) is 1. The summed E-state index contributed by atoms with van der Waals surface area (Å²) in [6, 6.07) is 30.0. The van der Waals surface area contributed by atoms with Crippen molar-refractivity contribution in [3.63, 3.8) is 0 Å². The molecule has 2 aliphatic heterocycles. The molecule has 1 spiro atoms. The van der Waals surface area contributed by atoms with Gasteiger partial charge < -0.3 is 9.64 Å². The number of rotatable bonds is 1. The Hall–Kier alpha value is -3.52. The highest BCUT2D eigenvalue weighted by molar-refractivity contribution is 5.94. The van der Waals surface area contributed by atoms with Crippen LogP contribution in [0.4, 0.5) is 5.69 Å². The predicted octanol–water partition coefficient (Wildman–Crippen LogP) is 7.04. The maximum absolute atomic E-state index is 6.93. The van der Waals surface area contributed by atoms with Crippen molar-refractivity contribution < 1.29 is 4.74 Å². The summed E-state index contributed by atoms with van der Waals surface area (Å²) in [6.07, 6.45) is 4.52. The Morgan fingerprint density at radius 3 is 2.39 bits per heavy atom. The first-order valence-electron chi connectivity index (χ1n) is 10.9. The minimum absolute atomic E-state index is 0.234. The molecule has 0 amide bonds. The molecule has 0 N–H and O–H groups in total. The monoisotopic (exact) mass is 403 g/mol. The van der Waals surface area contributed by atoms with E-state index in [2.05, 4.69) is 123 Å². The van der Waals surface area contributed by atoms with Crippen molar-refractivity contribution in [2.75, 3.05) is 11.9 Å². The molecule has 2 heterocycles. The maximum Gasteiger partial charge on any atom is 0.211 e. The van der Waals surface area contributed by atoms with Crippen LogP contribution in [0.15, 0.2) is 91.0 Å². The van der Waals surface area contributed by atoms with Crippen LogP contribution in [0.5, 0.6) is 5.75 Å². The zero-order valence-electron chi connectivity index (χ0n) is 18.1. The molecule has 0 bridgehead atoms. The molecule has 0 saturated carbocycles. The smallest absolute Gasteiger partial charge is 0.211 e. The fraction of sp³-hybridized carbons (Fsp3) is 0.172. The first kappa shape index (κ1) is 18.3. The average Bonchev–Trinajstić information content (AvgIpc) is 2.97. The van der Waals surface area contributed by atoms with E-state index >= 15 is 0 Å². The van der Waals surface area contributed by atoms with Crippen molar-refractivity contribution in [1.82, 2.24) is 0 Å². The van der Waals surface area contributed by atoms with E-state index in [1.54, 1.807) is 0 Å². The third-order valence-corrected chi connectivity index (χ3v) is 7.20. The van der Waals surface area contributed by atoms with Gasteiger partial charge in [0.05, 0.1) is 11.1 Å². The highest BCUT2D eigenvalue weighted by atomic mass is 16.5. The SMILES string of the molecule is CN1c2c(-c3ccccc3)cccc2C(C)(C)C12C=Cc1c(ccc3ccccc13)O2. The van der Waals surface area contributed by atoms with E-state index in [0.717, 1.165) is 11.3 Å². The molecule has 152 valence electrons. The third kappa shape index (κ3) is 2.33. The minimum atomic E-state index is -0.588. The van der Waals surface area contributed by atoms with Crippen molar-refractivity contribution in [2.24, 2.45) is 0 Å². The maximum atomic E-state index is 6.93. The summed E-state index contributed by atoms with van der Waals surface area (Å²) in [5, 5.41) is 2.46. The number of hydrogen-bond donors (Lipinski definition) is 0. The number of benzene rings is 4. The van der Waals surface area contributed by atoms with Crippen LogP contribution in [0.1, 0.15) is 25.0 Å². The zero-order valence-corrected chi connectivity index (χ0v) is 18.1. The number of ether oxygens (including phenoxy) is 1. The Bertz CT molecular complexity index is 1350. The van der Waals surface area contributed by atoms with Crippen LogP contribution in [0.3, 0.4) is 0 Å². The van der Waals surface area contributed by atoms with Crippen LogP contribution >= 0.6 is 0 Å². The van der Waals surface area contributed by atoms with Crippen molar-refractivity contribution >= 4 is 22.5 Å². The van der Waals surface area contributed by atoms with Gasteiger partial charge in [-0.2, -0.15) is 0 Å². The Labute approximate surface area is 183 Å². The molecule has 0 fully saturated rings. The van der Waals surface area contributed by atoms with Gasteiger partial charge >= 0.3 is 0 Å². The van der Waals surface area contributed by atoms with Crippen LogP contribution < -0.4 is 9.64 Å². The van der Waals surface area contributed by atoms with Crippen molar-refractivity contribution in [1.29, 1.82) is 0 Å². The van der Waals surface area contributed by atoms with E-state index < -0.39 is 5.72 Å². The molecule has 0 radical (unpaired) electrons. The summed E-state index contributed by atoms with van der Waals surface area (Å²) in [7, 11) is 2.16. The van der Waals surface area contributed by atoms with E-state index in [9.17, 15) is 0 Å². The summed E-state index contributed by atoms with van der Waals surface area (Å²) >= 11 is 0. The Balaban J connectivity index is 1.55. The number of fused-ring (bicyclic) bond motifs is 4. The van der Waals surface area contributed by atoms with Crippen molar-refractivity contribution in [3.05, 3.63) is 102 Å². The summed E-state index contributed by atoms with van der Waals surface area (Å²) in [5.74, 6) is 0.940. The van der Waals surface area contributed by atoms with E-state index in [1.165, 1.54) is 33.2 Å². The first-order chi connectivity index (χ1) is 15.0. The van der Waals surface area contributed by atoms with Gasteiger partial charge in [-0.25, -0.2) is 0 Å². The highest BCUT2D eigenvalue weighted by Gasteiger charge is 2.58. The molecule has 31 heavy (non-hydrogen) atoms. The highest BCUT2D eigenvalue weighted by Crippen LogP contribution is 2.57. The molecule has 2 nitrogen and oxygen atoms in total. The number of para-hydroxylation sites is 1. The fourth-order valence-corrected chi connectivity index (χ4v) is 5.49. The van der Waals surface area contributed by atoms with E-state index in [4.69, 9.17) is 4.74 Å². The minimum Gasteiger partial charge on any atom is -0.463 e. The normalized spacial score (nSPS) is 20.5. The van der Waals surface area contributed by atoms with Gasteiger partial charge in [0.1, 0.15) is 5.75 Å². The molecule has 0 aliphatic carbocycles. The number of hydrogen-bond acceptors (Lipinski definition) is 2. The van der Waals surface area contributed by atoms with E-state index in [1.807, 2.05) is 0 Å². The molecule has 0 aromatic heterocycles. The van der Waals surface area contributed by atoms with Gasteiger partial charge in [0, 0.05) is 18.2 Å². The van der Waals surface area contributed by atoms with Crippen LogP contribution in [-0.2, 0) is 5.41 Å².